The first kappa shape index (κ1) is 18.9. The van der Waals surface area contributed by atoms with Gasteiger partial charge in [0.15, 0.2) is 5.13 Å². The molecule has 4 aliphatic rings. The van der Waals surface area contributed by atoms with Gasteiger partial charge in [0.1, 0.15) is 0 Å². The molecule has 2 aromatic heterocycles. The number of hydrogen-bond donors (Lipinski definition) is 2. The summed E-state index contributed by atoms with van der Waals surface area (Å²) < 4.78 is 0. The van der Waals surface area contributed by atoms with Crippen molar-refractivity contribution < 1.29 is 5.11 Å². The molecule has 0 amide bonds. The molecule has 0 aliphatic heterocycles. The normalized spacial score (nSPS) is 39.4. The number of aromatic nitrogens is 3. The monoisotopic (exact) mass is 422 g/mol. The second-order valence-corrected chi connectivity index (χ2v) is 11.3. The van der Waals surface area contributed by atoms with Gasteiger partial charge < -0.3 is 10.4 Å². The molecule has 0 saturated heterocycles. The van der Waals surface area contributed by atoms with Gasteiger partial charge >= 0.3 is 0 Å². The average Bonchev–Trinajstić information content (AvgIpc) is 3.28. The lowest BCUT2D eigenvalue weighted by atomic mass is 9.48. The highest BCUT2D eigenvalue weighted by atomic mass is 32.1. The topological polar surface area (TPSA) is 70.9 Å². The number of allylic oxidation sites excluding steroid dienone is 2. The molecule has 6 heteroatoms. The lowest BCUT2D eigenvalue weighted by Crippen LogP contribution is -2.50. The lowest BCUT2D eigenvalue weighted by molar-refractivity contribution is -0.0579. The molecular weight excluding hydrogens is 392 g/mol. The van der Waals surface area contributed by atoms with Gasteiger partial charge in [-0.3, -0.25) is 0 Å². The van der Waals surface area contributed by atoms with Gasteiger partial charge in [-0.15, -0.1) is 0 Å². The molecule has 0 spiro atoms. The van der Waals surface area contributed by atoms with Gasteiger partial charge in [0, 0.05) is 12.4 Å². The van der Waals surface area contributed by atoms with Crippen molar-refractivity contribution >= 4 is 28.0 Å². The molecule has 2 fully saturated rings. The van der Waals surface area contributed by atoms with E-state index in [2.05, 4.69) is 35.2 Å². The summed E-state index contributed by atoms with van der Waals surface area (Å²) in [6.07, 6.45) is 13.9. The molecule has 6 atom stereocenters. The van der Waals surface area contributed by atoms with E-state index < -0.39 is 0 Å². The molecule has 5 nitrogen and oxygen atoms in total. The van der Waals surface area contributed by atoms with Crippen LogP contribution in [0.5, 0.6) is 0 Å². The minimum absolute atomic E-state index is 0.102. The zero-order valence-electron chi connectivity index (χ0n) is 17.8. The van der Waals surface area contributed by atoms with Crippen molar-refractivity contribution in [3.8, 4) is 0 Å². The number of aliphatic hydroxyl groups excluding tert-OH is 1. The second kappa shape index (κ2) is 6.60. The van der Waals surface area contributed by atoms with Crippen LogP contribution in [0.25, 0.3) is 5.57 Å². The van der Waals surface area contributed by atoms with Crippen LogP contribution in [0.2, 0.25) is 0 Å². The largest absolute Gasteiger partial charge is 0.393 e. The predicted octanol–water partition coefficient (Wildman–Crippen LogP) is 5.22. The first-order valence-electron chi connectivity index (χ1n) is 11.4. The number of anilines is 2. The summed E-state index contributed by atoms with van der Waals surface area (Å²) in [4.78, 5) is 14.8. The van der Waals surface area contributed by atoms with Gasteiger partial charge in [0.2, 0.25) is 5.95 Å². The summed E-state index contributed by atoms with van der Waals surface area (Å²) in [6.45, 7) is 4.87. The molecular formula is C24H30N4OS. The lowest BCUT2D eigenvalue weighted by Gasteiger charge is -2.56. The maximum absolute atomic E-state index is 10.7. The Morgan fingerprint density at radius 3 is 2.77 bits per heavy atom. The van der Waals surface area contributed by atoms with Crippen molar-refractivity contribution in [2.75, 3.05) is 5.32 Å². The number of aliphatic hydroxyl groups is 1. The molecule has 6 rings (SSSR count). The molecule has 2 heterocycles. The van der Waals surface area contributed by atoms with Gasteiger partial charge in [0.05, 0.1) is 16.7 Å². The van der Waals surface area contributed by atoms with Crippen LogP contribution in [0.4, 0.5) is 11.1 Å². The number of aryl methyl sites for hydroxylation is 1. The molecule has 0 bridgehead atoms. The van der Waals surface area contributed by atoms with Crippen LogP contribution in [0.3, 0.4) is 0 Å². The van der Waals surface area contributed by atoms with Crippen LogP contribution < -0.4 is 5.32 Å². The van der Waals surface area contributed by atoms with Gasteiger partial charge in [0.25, 0.3) is 0 Å². The van der Waals surface area contributed by atoms with Crippen LogP contribution in [0.1, 0.15) is 62.9 Å². The summed E-state index contributed by atoms with van der Waals surface area (Å²) in [5, 5.41) is 14.9. The highest BCUT2D eigenvalue weighted by molar-refractivity contribution is 7.16. The Balaban J connectivity index is 1.34. The molecule has 4 aliphatic carbocycles. The number of hydrogen-bond acceptors (Lipinski definition) is 6. The SMILES string of the molecule is C[C@]12CC[C@H]3[C@@H](CC=C4c5sc(Nc6ncccn6)nc5CC[C@@]43C)[C@@H]1CC[C@@H]2O. The van der Waals surface area contributed by atoms with E-state index in [1.807, 2.05) is 6.07 Å². The fourth-order valence-electron chi connectivity index (χ4n) is 7.36. The number of rotatable bonds is 2. The third-order valence-electron chi connectivity index (χ3n) is 9.02. The average molecular weight is 423 g/mol. The molecule has 2 saturated carbocycles. The zero-order chi connectivity index (χ0) is 20.5. The van der Waals surface area contributed by atoms with Gasteiger partial charge in [-0.25, -0.2) is 15.0 Å². The maximum atomic E-state index is 10.7. The summed E-state index contributed by atoms with van der Waals surface area (Å²) >= 11 is 1.76. The van der Waals surface area contributed by atoms with Crippen molar-refractivity contribution in [2.45, 2.75) is 64.9 Å². The maximum Gasteiger partial charge on any atom is 0.228 e. The van der Waals surface area contributed by atoms with E-state index >= 15 is 0 Å². The highest BCUT2D eigenvalue weighted by Gasteiger charge is 2.58. The Bertz CT molecular complexity index is 1000. The van der Waals surface area contributed by atoms with Crippen molar-refractivity contribution in [3.05, 3.63) is 35.1 Å². The quantitative estimate of drug-likeness (QED) is 0.694. The van der Waals surface area contributed by atoms with Crippen LogP contribution in [0, 0.1) is 28.6 Å². The fourth-order valence-corrected chi connectivity index (χ4v) is 8.54. The Hall–Kier alpha value is -1.79. The van der Waals surface area contributed by atoms with E-state index in [1.165, 1.54) is 41.8 Å². The van der Waals surface area contributed by atoms with E-state index in [0.717, 1.165) is 36.2 Å². The standard InChI is InChI=1S/C24H30N4OS/c1-23-11-9-18-20(30-22(27-18)28-21-25-12-3-13-26-21)17(23)5-4-14-15-6-7-19(29)24(15,2)10-8-16(14)23/h3,5,12-16,19,29H,4,6-11H2,1-2H3,(H,25,26,27,28)/t14-,15-,16-,19-,23+,24-/m0/s1. The number of nitrogens with zero attached hydrogens (tertiary/aromatic N) is 3. The fraction of sp³-hybridized carbons (Fsp3) is 0.625. The van der Waals surface area contributed by atoms with Crippen LogP contribution in [0.15, 0.2) is 24.5 Å². The van der Waals surface area contributed by atoms with Crippen molar-refractivity contribution in [1.29, 1.82) is 0 Å². The molecule has 2 N–H and O–H groups in total. The summed E-state index contributed by atoms with van der Waals surface area (Å²) in [7, 11) is 0. The zero-order valence-corrected chi connectivity index (χ0v) is 18.6. The van der Waals surface area contributed by atoms with Crippen molar-refractivity contribution in [3.63, 3.8) is 0 Å². The van der Waals surface area contributed by atoms with Gasteiger partial charge in [-0.2, -0.15) is 0 Å². The Labute approximate surface area is 182 Å². The predicted molar refractivity (Wildman–Crippen MR) is 120 cm³/mol. The minimum atomic E-state index is -0.102. The van der Waals surface area contributed by atoms with Crippen LogP contribution >= 0.6 is 11.3 Å². The highest BCUT2D eigenvalue weighted by Crippen LogP contribution is 2.66. The third kappa shape index (κ3) is 2.59. The van der Waals surface area contributed by atoms with E-state index in [4.69, 9.17) is 4.98 Å². The Morgan fingerprint density at radius 2 is 1.93 bits per heavy atom. The van der Waals surface area contributed by atoms with Gasteiger partial charge in [-0.1, -0.05) is 31.3 Å². The Morgan fingerprint density at radius 1 is 1.10 bits per heavy atom. The summed E-state index contributed by atoms with van der Waals surface area (Å²) in [5.74, 6) is 2.73. The number of thiazole rings is 1. The molecule has 0 unspecified atom stereocenters. The van der Waals surface area contributed by atoms with Crippen molar-refractivity contribution in [2.24, 2.45) is 28.6 Å². The second-order valence-electron chi connectivity index (χ2n) is 10.3. The van der Waals surface area contributed by atoms with Crippen molar-refractivity contribution in [1.82, 2.24) is 15.0 Å². The first-order chi connectivity index (χ1) is 14.5. The summed E-state index contributed by atoms with van der Waals surface area (Å²) in [5.41, 5.74) is 3.14. The minimum Gasteiger partial charge on any atom is -0.393 e. The van der Waals surface area contributed by atoms with E-state index in [9.17, 15) is 5.11 Å². The molecule has 0 radical (unpaired) electrons. The molecule has 0 aromatic carbocycles. The van der Waals surface area contributed by atoms with E-state index in [-0.39, 0.29) is 16.9 Å². The Kier molecular flexibility index (Phi) is 4.17. The van der Waals surface area contributed by atoms with Gasteiger partial charge in [-0.05, 0) is 85.2 Å². The number of nitrogens with one attached hydrogen (secondary N) is 1. The number of fused-ring (bicyclic) bond motifs is 7. The first-order valence-corrected chi connectivity index (χ1v) is 12.2. The molecule has 2 aromatic rings. The van der Waals surface area contributed by atoms with E-state index in [0.29, 0.717) is 11.9 Å². The van der Waals surface area contributed by atoms with Crippen LogP contribution in [-0.4, -0.2) is 26.2 Å². The smallest absolute Gasteiger partial charge is 0.228 e. The van der Waals surface area contributed by atoms with Crippen LogP contribution in [-0.2, 0) is 6.42 Å². The van der Waals surface area contributed by atoms with E-state index in [1.54, 1.807) is 23.7 Å². The summed E-state index contributed by atoms with van der Waals surface area (Å²) in [6, 6.07) is 1.82. The molecule has 158 valence electrons. The molecule has 30 heavy (non-hydrogen) atoms. The third-order valence-corrected chi connectivity index (χ3v) is 10.1.